The second-order valence-corrected chi connectivity index (χ2v) is 12.0. The second-order valence-electron chi connectivity index (χ2n) is 11.6. The number of carbonyl (C=O) groups excluding carboxylic acids is 2. The number of fused-ring (bicyclic) bond motifs is 2. The predicted molar refractivity (Wildman–Crippen MR) is 151 cm³/mol. The van der Waals surface area contributed by atoms with Gasteiger partial charge in [0.05, 0.1) is 10.6 Å². The van der Waals surface area contributed by atoms with Gasteiger partial charge < -0.3 is 28.9 Å². The molecule has 2 bridgehead atoms. The van der Waals surface area contributed by atoms with E-state index in [0.29, 0.717) is 48.3 Å². The number of amides is 2. The van der Waals surface area contributed by atoms with Crippen molar-refractivity contribution in [2.75, 3.05) is 31.1 Å². The van der Waals surface area contributed by atoms with Gasteiger partial charge in [-0.2, -0.15) is 5.26 Å². The Hall–Kier alpha value is -3.64. The molecule has 5 rings (SSSR count). The van der Waals surface area contributed by atoms with Crippen LogP contribution in [0.2, 0.25) is 5.02 Å². The Balaban J connectivity index is 1.12. The topological polar surface area (TPSA) is 95.3 Å². The number of nitrogens with zero attached hydrogens (tertiary/aromatic N) is 4. The highest BCUT2D eigenvalue weighted by molar-refractivity contribution is 6.31. The number of ether oxygens (including phenoxy) is 3. The molecule has 2 atom stereocenters. The van der Waals surface area contributed by atoms with Crippen molar-refractivity contribution in [3.8, 4) is 17.6 Å². The Morgan fingerprint density at radius 1 is 0.925 bits per heavy atom. The standard InChI is InChI=1S/C30H35ClN4O5/c1-30(2,3)40-28(36)34-14-12-33(13-15-34)21-7-10-24(11-8-21)39-29(37)35-22-5-6-23(35)17-26(16-22)38-25-9-4-20(19-32)27(31)18-25/h4,7-11,18,22-23,26H,5-6,12-17H2,1-3H3. The number of carbonyl (C=O) groups is 2. The molecule has 40 heavy (non-hydrogen) atoms. The van der Waals surface area contributed by atoms with E-state index >= 15 is 0 Å². The summed E-state index contributed by atoms with van der Waals surface area (Å²) in [6.45, 7) is 8.19. The maximum absolute atomic E-state index is 13.1. The molecule has 0 spiro atoms. The summed E-state index contributed by atoms with van der Waals surface area (Å²) < 4.78 is 17.4. The van der Waals surface area contributed by atoms with Crippen LogP contribution in [0.4, 0.5) is 15.3 Å². The molecular weight excluding hydrogens is 532 g/mol. The Kier molecular flexibility index (Phi) is 7.99. The van der Waals surface area contributed by atoms with Gasteiger partial charge in [0.1, 0.15) is 29.3 Å². The number of nitriles is 1. The van der Waals surface area contributed by atoms with Gasteiger partial charge in [0.25, 0.3) is 0 Å². The summed E-state index contributed by atoms with van der Waals surface area (Å²) in [5.74, 6) is 1.14. The van der Waals surface area contributed by atoms with Crippen molar-refractivity contribution < 1.29 is 23.8 Å². The van der Waals surface area contributed by atoms with Crippen LogP contribution in [0.15, 0.2) is 42.5 Å². The first kappa shape index (κ1) is 27.9. The Bertz CT molecular complexity index is 1270. The average Bonchev–Trinajstić information content (AvgIpc) is 3.19. The molecule has 212 valence electrons. The molecular formula is C30H35ClN4O5. The molecule has 3 heterocycles. The smallest absolute Gasteiger partial charge is 0.415 e. The monoisotopic (exact) mass is 566 g/mol. The molecule has 3 saturated heterocycles. The molecule has 0 radical (unpaired) electrons. The molecule has 2 unspecified atom stereocenters. The third-order valence-electron chi connectivity index (χ3n) is 7.60. The third-order valence-corrected chi connectivity index (χ3v) is 7.92. The number of piperidine rings is 1. The summed E-state index contributed by atoms with van der Waals surface area (Å²) in [6.07, 6.45) is 2.64. The molecule has 2 amide bonds. The number of benzene rings is 2. The zero-order valence-corrected chi connectivity index (χ0v) is 23.9. The lowest BCUT2D eigenvalue weighted by molar-refractivity contribution is 0.0240. The summed E-state index contributed by atoms with van der Waals surface area (Å²) in [5.41, 5.74) is 0.927. The van der Waals surface area contributed by atoms with Gasteiger partial charge in [-0.3, -0.25) is 0 Å². The van der Waals surface area contributed by atoms with Crippen molar-refractivity contribution in [2.24, 2.45) is 0 Å². The number of rotatable bonds is 4. The van der Waals surface area contributed by atoms with E-state index in [0.717, 1.165) is 31.4 Å². The molecule has 0 aromatic heterocycles. The van der Waals surface area contributed by atoms with E-state index in [-0.39, 0.29) is 30.4 Å². The molecule has 10 heteroatoms. The number of hydrogen-bond acceptors (Lipinski definition) is 7. The largest absolute Gasteiger partial charge is 0.490 e. The first-order valence-electron chi connectivity index (χ1n) is 13.8. The highest BCUT2D eigenvalue weighted by Crippen LogP contribution is 2.38. The molecule has 9 nitrogen and oxygen atoms in total. The van der Waals surface area contributed by atoms with Gasteiger partial charge in [-0.1, -0.05) is 11.6 Å². The number of anilines is 1. The van der Waals surface area contributed by atoms with Crippen molar-refractivity contribution >= 4 is 29.5 Å². The van der Waals surface area contributed by atoms with Crippen LogP contribution in [-0.2, 0) is 4.74 Å². The number of piperazine rings is 1. The highest BCUT2D eigenvalue weighted by Gasteiger charge is 2.45. The van der Waals surface area contributed by atoms with Gasteiger partial charge in [-0.05, 0) is 70.0 Å². The van der Waals surface area contributed by atoms with E-state index in [2.05, 4.69) is 11.0 Å². The van der Waals surface area contributed by atoms with Crippen LogP contribution in [0, 0.1) is 11.3 Å². The van der Waals surface area contributed by atoms with Gasteiger partial charge in [-0.25, -0.2) is 9.59 Å². The summed E-state index contributed by atoms with van der Waals surface area (Å²) in [5, 5.41) is 9.45. The lowest BCUT2D eigenvalue weighted by atomic mass is 10.00. The van der Waals surface area contributed by atoms with Crippen molar-refractivity contribution in [3.63, 3.8) is 0 Å². The summed E-state index contributed by atoms with van der Waals surface area (Å²) in [7, 11) is 0. The maximum atomic E-state index is 13.1. The van der Waals surface area contributed by atoms with Gasteiger partial charge >= 0.3 is 12.2 Å². The van der Waals surface area contributed by atoms with Gasteiger partial charge in [0.15, 0.2) is 0 Å². The minimum absolute atomic E-state index is 0.0272. The van der Waals surface area contributed by atoms with Crippen LogP contribution < -0.4 is 14.4 Å². The molecule has 3 fully saturated rings. The van der Waals surface area contributed by atoms with Crippen LogP contribution in [-0.4, -0.2) is 72.0 Å². The van der Waals surface area contributed by atoms with E-state index < -0.39 is 5.60 Å². The number of hydrogen-bond donors (Lipinski definition) is 0. The Morgan fingerprint density at radius 3 is 2.12 bits per heavy atom. The second kappa shape index (κ2) is 11.5. The minimum Gasteiger partial charge on any atom is -0.490 e. The van der Waals surface area contributed by atoms with E-state index in [1.807, 2.05) is 49.9 Å². The van der Waals surface area contributed by atoms with Crippen molar-refractivity contribution in [2.45, 2.75) is 70.2 Å². The van der Waals surface area contributed by atoms with Crippen LogP contribution in [0.1, 0.15) is 52.0 Å². The summed E-state index contributed by atoms with van der Waals surface area (Å²) in [4.78, 5) is 31.3. The molecule has 0 aliphatic carbocycles. The van der Waals surface area contributed by atoms with Crippen molar-refractivity contribution in [3.05, 3.63) is 53.1 Å². The average molecular weight is 567 g/mol. The van der Waals surface area contributed by atoms with Gasteiger partial charge in [0.2, 0.25) is 0 Å². The fraction of sp³-hybridized carbons (Fsp3) is 0.500. The Morgan fingerprint density at radius 2 is 1.55 bits per heavy atom. The lowest BCUT2D eigenvalue weighted by Crippen LogP contribution is -2.50. The van der Waals surface area contributed by atoms with Gasteiger partial charge in [-0.15, -0.1) is 0 Å². The molecule has 2 aromatic rings. The van der Waals surface area contributed by atoms with E-state index in [1.54, 1.807) is 23.1 Å². The third kappa shape index (κ3) is 6.39. The zero-order chi connectivity index (χ0) is 28.4. The maximum Gasteiger partial charge on any atom is 0.415 e. The predicted octanol–water partition coefficient (Wildman–Crippen LogP) is 5.84. The van der Waals surface area contributed by atoms with Crippen LogP contribution in [0.3, 0.4) is 0 Å². The quantitative estimate of drug-likeness (QED) is 0.458. The van der Waals surface area contributed by atoms with Crippen LogP contribution in [0.25, 0.3) is 0 Å². The molecule has 2 aromatic carbocycles. The first-order valence-corrected chi connectivity index (χ1v) is 14.2. The fourth-order valence-electron chi connectivity index (χ4n) is 5.73. The number of halogens is 1. The Labute approximate surface area is 240 Å². The minimum atomic E-state index is -0.508. The van der Waals surface area contributed by atoms with E-state index in [1.165, 1.54) is 0 Å². The summed E-state index contributed by atoms with van der Waals surface area (Å²) in [6, 6.07) is 14.8. The zero-order valence-electron chi connectivity index (χ0n) is 23.1. The first-order chi connectivity index (χ1) is 19.1. The van der Waals surface area contributed by atoms with Crippen molar-refractivity contribution in [1.82, 2.24) is 9.80 Å². The summed E-state index contributed by atoms with van der Waals surface area (Å²) >= 11 is 6.16. The molecule has 0 N–H and O–H groups in total. The highest BCUT2D eigenvalue weighted by atomic mass is 35.5. The SMILES string of the molecule is CC(C)(C)OC(=O)N1CCN(c2ccc(OC(=O)N3C4CCC3CC(Oc3ccc(C#N)c(Cl)c3)C4)cc2)CC1. The molecule has 3 aliphatic rings. The van der Waals surface area contributed by atoms with E-state index in [9.17, 15) is 9.59 Å². The van der Waals surface area contributed by atoms with Gasteiger partial charge in [0, 0.05) is 62.9 Å². The molecule has 0 saturated carbocycles. The van der Waals surface area contributed by atoms with E-state index in [4.69, 9.17) is 31.1 Å². The molecule has 3 aliphatic heterocycles. The van der Waals surface area contributed by atoms with Crippen LogP contribution >= 0.6 is 11.6 Å². The van der Waals surface area contributed by atoms with Crippen molar-refractivity contribution in [1.29, 1.82) is 5.26 Å². The lowest BCUT2D eigenvalue weighted by Gasteiger charge is -2.38. The normalized spacial score (nSPS) is 22.5. The van der Waals surface area contributed by atoms with Crippen LogP contribution in [0.5, 0.6) is 11.5 Å². The fourth-order valence-corrected chi connectivity index (χ4v) is 5.94.